The third kappa shape index (κ3) is 6.78. The second-order valence-electron chi connectivity index (χ2n) is 9.35. The van der Waals surface area contributed by atoms with Crippen LogP contribution in [0.1, 0.15) is 83.1 Å². The molecule has 0 radical (unpaired) electrons. The van der Waals surface area contributed by atoms with E-state index in [2.05, 4.69) is 83.1 Å². The van der Waals surface area contributed by atoms with Crippen LogP contribution >= 0.6 is 13.2 Å². The number of rotatable bonds is 2. The zero-order chi connectivity index (χ0) is 15.9. The Morgan fingerprint density at radius 3 is 0.684 bits per heavy atom. The molecule has 3 heteroatoms. The third-order valence-electron chi connectivity index (χ3n) is 2.60. The molecule has 116 valence electrons. The van der Waals surface area contributed by atoms with Crippen molar-refractivity contribution >= 4 is 27.3 Å². The van der Waals surface area contributed by atoms with Crippen molar-refractivity contribution < 1.29 is 0 Å². The summed E-state index contributed by atoms with van der Waals surface area (Å²) in [4.78, 5) is 0. The molecule has 0 aromatic heterocycles. The molecule has 0 nitrogen and oxygen atoms in total. The van der Waals surface area contributed by atoms with Crippen molar-refractivity contribution in [2.24, 2.45) is 0 Å². The molecule has 0 aliphatic rings. The molecule has 0 saturated heterocycles. The van der Waals surface area contributed by atoms with Crippen molar-refractivity contribution in [3.63, 3.8) is 0 Å². The van der Waals surface area contributed by atoms with Gasteiger partial charge in [-0.25, -0.2) is 0 Å². The van der Waals surface area contributed by atoms with Gasteiger partial charge in [-0.15, -0.1) is 0 Å². The van der Waals surface area contributed by atoms with Gasteiger partial charge in [0.15, 0.2) is 0 Å². The number of hydrogen-bond donors (Lipinski definition) is 0. The summed E-state index contributed by atoms with van der Waals surface area (Å²) in [5, 5.41) is 1.91. The van der Waals surface area contributed by atoms with Crippen LogP contribution in [0.5, 0.6) is 0 Å². The fourth-order valence-corrected chi connectivity index (χ4v) is 32.8. The summed E-state index contributed by atoms with van der Waals surface area (Å²) in [6.45, 7) is 29.7. The molecule has 0 rings (SSSR count). The molecule has 0 saturated carbocycles. The van der Waals surface area contributed by atoms with E-state index in [4.69, 9.17) is 0 Å². The molecule has 0 aromatic rings. The van der Waals surface area contributed by atoms with Gasteiger partial charge in [-0.3, -0.25) is 0 Å². The van der Waals surface area contributed by atoms with Crippen molar-refractivity contribution in [2.75, 3.05) is 0 Å². The minimum absolute atomic E-state index is 0.0806. The van der Waals surface area contributed by atoms with Crippen LogP contribution < -0.4 is 0 Å². The normalized spacial score (nSPS) is 15.5. The fraction of sp³-hybridized carbons (Fsp3) is 1.00. The Morgan fingerprint density at radius 2 is 0.579 bits per heavy atom. The van der Waals surface area contributed by atoms with Crippen LogP contribution in [0.15, 0.2) is 0 Å². The quantitative estimate of drug-likeness (QED) is 0.376. The summed E-state index contributed by atoms with van der Waals surface area (Å²) in [6.07, 6.45) is 0. The molecular weight excluding hydrogens is 333 g/mol. The summed E-state index contributed by atoms with van der Waals surface area (Å²) in [5.74, 6) is 0. The van der Waals surface area contributed by atoms with Crippen LogP contribution in [0, 0.1) is 0 Å². The van der Waals surface area contributed by atoms with E-state index in [0.29, 0.717) is 20.6 Å². The van der Waals surface area contributed by atoms with Gasteiger partial charge in [0.1, 0.15) is 0 Å². The predicted molar refractivity (Wildman–Crippen MR) is 98.6 cm³/mol. The molecule has 0 bridgehead atoms. The molecule has 0 unspecified atom stereocenters. The van der Waals surface area contributed by atoms with Crippen molar-refractivity contribution in [2.45, 2.75) is 104 Å². The zero-order valence-corrected chi connectivity index (χ0v) is 18.8. The second-order valence-corrected chi connectivity index (χ2v) is 24.2. The van der Waals surface area contributed by atoms with Crippen molar-refractivity contribution in [3.8, 4) is 0 Å². The Labute approximate surface area is 131 Å². The second kappa shape index (κ2) is 6.24. The predicted octanol–water partition coefficient (Wildman–Crippen LogP) is 6.68. The molecule has 0 atom stereocenters. The van der Waals surface area contributed by atoms with E-state index in [1.807, 2.05) is 0 Å². The molecule has 0 amide bonds. The van der Waals surface area contributed by atoms with E-state index in [0.717, 1.165) is 14.1 Å². The molecule has 0 heterocycles. The maximum atomic E-state index is 2.46. The first kappa shape index (κ1) is 20.4. The Morgan fingerprint density at radius 1 is 0.421 bits per heavy atom. The van der Waals surface area contributed by atoms with Gasteiger partial charge >= 0.3 is 131 Å². The van der Waals surface area contributed by atoms with E-state index in [9.17, 15) is 0 Å². The van der Waals surface area contributed by atoms with E-state index in [-0.39, 0.29) is 13.2 Å². The van der Waals surface area contributed by atoms with Crippen molar-refractivity contribution in [1.29, 1.82) is 0 Å². The topological polar surface area (TPSA) is 0 Å². The molecule has 0 aromatic carbocycles. The Bertz CT molecular complexity index is 226. The van der Waals surface area contributed by atoms with Gasteiger partial charge in [0.2, 0.25) is 0 Å². The molecule has 0 spiro atoms. The van der Waals surface area contributed by atoms with Crippen LogP contribution in [0.3, 0.4) is 0 Å². The SMILES string of the molecule is CC(C)(C)P([Se]P(C(C)(C)C)C(C)(C)C)C(C)(C)C. The van der Waals surface area contributed by atoms with Crippen LogP contribution in [0.4, 0.5) is 0 Å². The van der Waals surface area contributed by atoms with Gasteiger partial charge in [-0.1, -0.05) is 0 Å². The van der Waals surface area contributed by atoms with Gasteiger partial charge in [-0.05, 0) is 0 Å². The van der Waals surface area contributed by atoms with Crippen LogP contribution in [-0.4, -0.2) is 34.7 Å². The number of hydrogen-bond acceptors (Lipinski definition) is 0. The molecule has 0 fully saturated rings. The summed E-state index contributed by atoms with van der Waals surface area (Å²) in [7, 11) is 0. The average Bonchev–Trinajstić information content (AvgIpc) is 1.91. The van der Waals surface area contributed by atoms with Gasteiger partial charge in [0, 0.05) is 0 Å². The summed E-state index contributed by atoms with van der Waals surface area (Å²) in [5.41, 5.74) is 0. The van der Waals surface area contributed by atoms with Crippen molar-refractivity contribution in [1.82, 2.24) is 0 Å². The molecule has 19 heavy (non-hydrogen) atoms. The van der Waals surface area contributed by atoms with Gasteiger partial charge in [0.05, 0.1) is 0 Å². The van der Waals surface area contributed by atoms with Crippen LogP contribution in [0.25, 0.3) is 0 Å². The van der Waals surface area contributed by atoms with Gasteiger partial charge in [-0.2, -0.15) is 0 Å². The van der Waals surface area contributed by atoms with Crippen molar-refractivity contribution in [3.05, 3.63) is 0 Å². The molecule has 0 aliphatic heterocycles. The van der Waals surface area contributed by atoms with Gasteiger partial charge in [0.25, 0.3) is 0 Å². The molecule has 0 N–H and O–H groups in total. The van der Waals surface area contributed by atoms with E-state index < -0.39 is 0 Å². The van der Waals surface area contributed by atoms with E-state index in [1.54, 1.807) is 0 Å². The third-order valence-corrected chi connectivity index (χ3v) is 28.7. The van der Waals surface area contributed by atoms with Crippen LogP contribution in [-0.2, 0) is 0 Å². The molecular formula is C16H36P2Se. The summed E-state index contributed by atoms with van der Waals surface area (Å²) < 4.78 is 0. The zero-order valence-electron chi connectivity index (χ0n) is 15.3. The van der Waals surface area contributed by atoms with E-state index >= 15 is 0 Å². The summed E-state index contributed by atoms with van der Waals surface area (Å²) in [6, 6.07) is 0. The van der Waals surface area contributed by atoms with E-state index in [1.165, 1.54) is 0 Å². The van der Waals surface area contributed by atoms with Crippen LogP contribution in [0.2, 0.25) is 0 Å². The minimum atomic E-state index is 0.0806. The standard InChI is InChI=1S/C16H36P2Se/c1-13(2,3)17(14(4,5)6)19-18(15(7,8)9)16(10,11)12/h1-12H3. The van der Waals surface area contributed by atoms with Gasteiger partial charge < -0.3 is 0 Å². The monoisotopic (exact) mass is 370 g/mol. The Hall–Kier alpha value is 1.38. The molecule has 0 aliphatic carbocycles. The average molecular weight is 369 g/mol. The fourth-order valence-electron chi connectivity index (χ4n) is 2.58. The Balaban J connectivity index is 5.43. The first-order valence-corrected chi connectivity index (χ1v) is 14.4. The first-order chi connectivity index (χ1) is 7.97. The maximum absolute atomic E-state index is 2.46. The summed E-state index contributed by atoms with van der Waals surface area (Å²) >= 11 is 0.775. The first-order valence-electron chi connectivity index (χ1n) is 7.26. The Kier molecular flexibility index (Phi) is 6.70.